The van der Waals surface area contributed by atoms with E-state index in [0.29, 0.717) is 36.6 Å². The van der Waals surface area contributed by atoms with Gasteiger partial charge >= 0.3 is 5.97 Å². The van der Waals surface area contributed by atoms with Gasteiger partial charge in [-0.1, -0.05) is 29.8 Å². The van der Waals surface area contributed by atoms with E-state index in [-0.39, 0.29) is 17.4 Å². The molecule has 6 rings (SSSR count). The lowest BCUT2D eigenvalue weighted by Gasteiger charge is -2.28. The second-order valence-electron chi connectivity index (χ2n) is 10.6. The number of nitrogens with zero attached hydrogens (tertiary/aromatic N) is 3. The van der Waals surface area contributed by atoms with Crippen molar-refractivity contribution in [2.75, 3.05) is 26.3 Å². The molecule has 2 saturated heterocycles. The van der Waals surface area contributed by atoms with Crippen molar-refractivity contribution in [1.29, 1.82) is 0 Å². The van der Waals surface area contributed by atoms with Crippen molar-refractivity contribution >= 4 is 28.6 Å². The van der Waals surface area contributed by atoms with Gasteiger partial charge in [-0.15, -0.1) is 0 Å². The van der Waals surface area contributed by atoms with E-state index in [1.54, 1.807) is 30.3 Å². The maximum absolute atomic E-state index is 14.1. The highest BCUT2D eigenvalue weighted by Crippen LogP contribution is 2.33. The van der Waals surface area contributed by atoms with Crippen LogP contribution >= 0.6 is 11.6 Å². The van der Waals surface area contributed by atoms with Crippen molar-refractivity contribution in [1.82, 2.24) is 14.5 Å². The van der Waals surface area contributed by atoms with Crippen molar-refractivity contribution in [3.8, 4) is 5.75 Å². The van der Waals surface area contributed by atoms with Crippen LogP contribution in [0.4, 0.5) is 4.39 Å². The van der Waals surface area contributed by atoms with Crippen LogP contribution in [0.3, 0.4) is 0 Å². The predicted molar refractivity (Wildman–Crippen MR) is 147 cm³/mol. The largest absolute Gasteiger partial charge is 0.486 e. The number of hydrogen-bond donors (Lipinski definition) is 1. The first-order chi connectivity index (χ1) is 18.9. The number of halogens is 2. The Morgan fingerprint density at radius 2 is 2.10 bits per heavy atom. The summed E-state index contributed by atoms with van der Waals surface area (Å²) in [6.45, 7) is 4.40. The lowest BCUT2D eigenvalue weighted by Crippen LogP contribution is -2.32. The van der Waals surface area contributed by atoms with E-state index in [0.717, 1.165) is 61.4 Å². The zero-order valence-electron chi connectivity index (χ0n) is 21.6. The zero-order chi connectivity index (χ0) is 26.9. The number of fused-ring (bicyclic) bond motifs is 1. The summed E-state index contributed by atoms with van der Waals surface area (Å²) in [6, 6.07) is 9.58. The lowest BCUT2D eigenvalue weighted by molar-refractivity contribution is -0.0591. The van der Waals surface area contributed by atoms with E-state index < -0.39 is 11.8 Å². The first-order valence-electron chi connectivity index (χ1n) is 13.4. The summed E-state index contributed by atoms with van der Waals surface area (Å²) in [5, 5.41) is 9.84. The van der Waals surface area contributed by atoms with Crippen LogP contribution in [0, 0.1) is 17.7 Å². The van der Waals surface area contributed by atoms with Gasteiger partial charge in [0.1, 0.15) is 12.4 Å². The molecule has 3 heterocycles. The topological polar surface area (TPSA) is 76.8 Å². The van der Waals surface area contributed by atoms with Crippen molar-refractivity contribution < 1.29 is 23.8 Å². The molecular formula is C30H31ClFN3O4. The van der Waals surface area contributed by atoms with Crippen molar-refractivity contribution in [3.05, 3.63) is 82.4 Å². The molecule has 204 valence electrons. The molecular weight excluding hydrogens is 521 g/mol. The fourth-order valence-electron chi connectivity index (χ4n) is 5.77. The molecule has 0 spiro atoms. The molecule has 0 amide bonds. The first-order valence-corrected chi connectivity index (χ1v) is 13.8. The maximum atomic E-state index is 14.1. The Hall–Kier alpha value is -3.20. The highest BCUT2D eigenvalue weighted by Gasteiger charge is 2.30. The highest BCUT2D eigenvalue weighted by atomic mass is 35.5. The number of hydrogen-bond acceptors (Lipinski definition) is 5. The van der Waals surface area contributed by atoms with Crippen LogP contribution in [0.2, 0.25) is 5.02 Å². The molecule has 2 fully saturated rings. The number of rotatable bonds is 9. The van der Waals surface area contributed by atoms with Crippen LogP contribution in [0.5, 0.6) is 5.75 Å². The maximum Gasteiger partial charge on any atom is 0.335 e. The third kappa shape index (κ3) is 5.73. The summed E-state index contributed by atoms with van der Waals surface area (Å²) in [5.41, 5.74) is 2.97. The minimum atomic E-state index is -0.939. The summed E-state index contributed by atoms with van der Waals surface area (Å²) in [5.74, 6) is 0.652. The number of ether oxygens (including phenoxy) is 2. The second kappa shape index (κ2) is 11.1. The molecule has 3 aliphatic rings. The van der Waals surface area contributed by atoms with Gasteiger partial charge in [0, 0.05) is 18.2 Å². The Balaban J connectivity index is 1.13. The third-order valence-corrected chi connectivity index (χ3v) is 8.22. The Bertz CT molecular complexity index is 1450. The quantitative estimate of drug-likeness (QED) is 0.366. The number of benzene rings is 2. The lowest BCUT2D eigenvalue weighted by atomic mass is 9.84. The molecule has 1 aromatic heterocycles. The van der Waals surface area contributed by atoms with Crippen LogP contribution in [-0.4, -0.2) is 57.9 Å². The number of imidazole rings is 1. The van der Waals surface area contributed by atoms with Crippen LogP contribution in [0.15, 0.2) is 60.2 Å². The van der Waals surface area contributed by atoms with Gasteiger partial charge in [-0.2, -0.15) is 0 Å². The average Bonchev–Trinajstić information content (AvgIpc) is 3.50. The number of carboxylic acids is 1. The normalized spacial score (nSPS) is 23.1. The van der Waals surface area contributed by atoms with Crippen molar-refractivity contribution in [2.45, 2.75) is 38.5 Å². The summed E-state index contributed by atoms with van der Waals surface area (Å²) in [4.78, 5) is 18.9. The summed E-state index contributed by atoms with van der Waals surface area (Å²) in [7, 11) is 0. The van der Waals surface area contributed by atoms with Gasteiger partial charge in [0.15, 0.2) is 11.6 Å². The monoisotopic (exact) mass is 551 g/mol. The van der Waals surface area contributed by atoms with Crippen molar-refractivity contribution in [3.63, 3.8) is 0 Å². The molecule has 0 bridgehead atoms. The van der Waals surface area contributed by atoms with Crippen LogP contribution < -0.4 is 4.74 Å². The minimum Gasteiger partial charge on any atom is -0.486 e. The van der Waals surface area contributed by atoms with Gasteiger partial charge < -0.3 is 19.1 Å². The molecule has 3 atom stereocenters. The number of aromatic carboxylic acids is 1. The Morgan fingerprint density at radius 1 is 1.23 bits per heavy atom. The van der Waals surface area contributed by atoms with E-state index in [4.69, 9.17) is 26.1 Å². The molecule has 3 aromatic rings. The molecule has 7 nitrogen and oxygen atoms in total. The second-order valence-corrected chi connectivity index (χ2v) is 11.1. The zero-order valence-corrected chi connectivity index (χ0v) is 22.3. The Labute approximate surface area is 231 Å². The predicted octanol–water partition coefficient (Wildman–Crippen LogP) is 5.72. The van der Waals surface area contributed by atoms with Crippen LogP contribution in [0.1, 0.15) is 35.4 Å². The molecule has 39 heavy (non-hydrogen) atoms. The SMILES string of the molecule is O=C(O)c1ccc2nc(CN3CC[C@@H](C4C=C(COc5ccc(Cl)cc5F)C=CC4)C3)n(C[C@@H]3CCO3)c2c1. The van der Waals surface area contributed by atoms with Crippen LogP contribution in [0.25, 0.3) is 11.0 Å². The number of aromatic nitrogens is 2. The van der Waals surface area contributed by atoms with Gasteiger partial charge in [0.2, 0.25) is 0 Å². The standard InChI is InChI=1S/C30H31ClFN3O4/c31-23-5-7-28(25(32)14-23)39-18-19-2-1-3-20(12-19)22-8-10-34(15-22)17-29-33-26-6-4-21(30(36)37)13-27(26)35(29)16-24-9-11-38-24/h1-2,4-7,12-14,20,22,24H,3,8-11,15-18H2,(H,36,37)/t20?,22-,24+/m1/s1. The van der Waals surface area contributed by atoms with E-state index in [2.05, 4.69) is 27.7 Å². The summed E-state index contributed by atoms with van der Waals surface area (Å²) in [6.07, 6.45) is 9.73. The molecule has 2 aliphatic heterocycles. The molecule has 1 unspecified atom stereocenters. The van der Waals surface area contributed by atoms with E-state index >= 15 is 0 Å². The Morgan fingerprint density at radius 3 is 2.87 bits per heavy atom. The van der Waals surface area contributed by atoms with Gasteiger partial charge in [0.05, 0.1) is 35.8 Å². The van der Waals surface area contributed by atoms with Gasteiger partial charge in [-0.25, -0.2) is 14.2 Å². The number of carbonyl (C=O) groups is 1. The molecule has 0 saturated carbocycles. The fourth-order valence-corrected chi connectivity index (χ4v) is 5.93. The van der Waals surface area contributed by atoms with Gasteiger partial charge in [-0.05, 0) is 79.6 Å². The molecule has 0 radical (unpaired) electrons. The summed E-state index contributed by atoms with van der Waals surface area (Å²) < 4.78 is 27.7. The highest BCUT2D eigenvalue weighted by molar-refractivity contribution is 6.30. The Kier molecular flexibility index (Phi) is 7.42. The molecule has 1 N–H and O–H groups in total. The summed E-state index contributed by atoms with van der Waals surface area (Å²) >= 11 is 5.84. The number of carboxylic acid groups (broad SMARTS) is 1. The van der Waals surface area contributed by atoms with E-state index in [1.807, 2.05) is 0 Å². The molecule has 9 heteroatoms. The molecule has 2 aromatic carbocycles. The van der Waals surface area contributed by atoms with E-state index in [9.17, 15) is 14.3 Å². The van der Waals surface area contributed by atoms with Crippen molar-refractivity contribution in [2.24, 2.45) is 11.8 Å². The van der Waals surface area contributed by atoms with Gasteiger partial charge in [0.25, 0.3) is 0 Å². The fraction of sp³-hybridized carbons (Fsp3) is 0.400. The first kappa shape index (κ1) is 26.0. The number of likely N-dealkylation sites (tertiary alicyclic amines) is 1. The molecule has 1 aliphatic carbocycles. The average molecular weight is 552 g/mol. The van der Waals surface area contributed by atoms with E-state index in [1.165, 1.54) is 6.07 Å². The smallest absolute Gasteiger partial charge is 0.335 e. The third-order valence-electron chi connectivity index (χ3n) is 7.99. The van der Waals surface area contributed by atoms with Crippen LogP contribution in [-0.2, 0) is 17.8 Å². The number of allylic oxidation sites excluding steroid dienone is 2. The minimum absolute atomic E-state index is 0.141. The van der Waals surface area contributed by atoms with Gasteiger partial charge in [-0.3, -0.25) is 4.90 Å².